The highest BCUT2D eigenvalue weighted by Gasteiger charge is 2.20. The van der Waals surface area contributed by atoms with Crippen LogP contribution >= 0.6 is 15.9 Å². The first-order valence-electron chi connectivity index (χ1n) is 8.62. The van der Waals surface area contributed by atoms with Crippen molar-refractivity contribution in [1.29, 1.82) is 0 Å². The quantitative estimate of drug-likeness (QED) is 0.845. The van der Waals surface area contributed by atoms with Gasteiger partial charge in [-0.25, -0.2) is 0 Å². The van der Waals surface area contributed by atoms with E-state index < -0.39 is 0 Å². The number of piperazine rings is 1. The van der Waals surface area contributed by atoms with Crippen molar-refractivity contribution in [2.75, 3.05) is 42.9 Å². The minimum atomic E-state index is 0.0507. The van der Waals surface area contributed by atoms with Crippen molar-refractivity contribution in [3.8, 4) is 0 Å². The molecular weight excluding hydrogens is 378 g/mol. The summed E-state index contributed by atoms with van der Waals surface area (Å²) in [5.74, 6) is 0.0507. The van der Waals surface area contributed by atoms with E-state index in [1.54, 1.807) is 0 Å². The maximum Gasteiger partial charge on any atom is 0.238 e. The fourth-order valence-electron chi connectivity index (χ4n) is 3.23. The van der Waals surface area contributed by atoms with Crippen LogP contribution in [0.3, 0.4) is 0 Å². The van der Waals surface area contributed by atoms with Gasteiger partial charge >= 0.3 is 0 Å². The van der Waals surface area contributed by atoms with E-state index in [0.29, 0.717) is 6.54 Å². The Morgan fingerprint density at radius 2 is 1.76 bits per heavy atom. The fourth-order valence-corrected chi connectivity index (χ4v) is 3.70. The van der Waals surface area contributed by atoms with Crippen LogP contribution in [0.4, 0.5) is 11.4 Å². The Hall–Kier alpha value is -1.85. The Morgan fingerprint density at radius 3 is 2.44 bits per heavy atom. The van der Waals surface area contributed by atoms with Crippen LogP contribution in [0, 0.1) is 13.8 Å². The summed E-state index contributed by atoms with van der Waals surface area (Å²) in [6, 6.07) is 14.4. The number of nitrogens with one attached hydrogen (secondary N) is 1. The molecule has 4 nitrogen and oxygen atoms in total. The Bertz CT molecular complexity index is 754. The zero-order valence-corrected chi connectivity index (χ0v) is 16.3. The normalized spacial score (nSPS) is 15.2. The molecule has 2 aromatic carbocycles. The highest BCUT2D eigenvalue weighted by atomic mass is 79.9. The molecule has 0 unspecified atom stereocenters. The molecule has 0 saturated carbocycles. The van der Waals surface area contributed by atoms with E-state index in [1.165, 1.54) is 11.3 Å². The maximum atomic E-state index is 12.3. The van der Waals surface area contributed by atoms with Crippen molar-refractivity contribution in [1.82, 2.24) is 4.90 Å². The third kappa shape index (κ3) is 4.61. The van der Waals surface area contributed by atoms with Gasteiger partial charge in [0.2, 0.25) is 5.91 Å². The van der Waals surface area contributed by atoms with Crippen LogP contribution in [0.5, 0.6) is 0 Å². The molecule has 3 rings (SSSR count). The molecule has 132 valence electrons. The number of hydrogen-bond donors (Lipinski definition) is 1. The first-order chi connectivity index (χ1) is 12.0. The summed E-state index contributed by atoms with van der Waals surface area (Å²) >= 11 is 3.45. The maximum absolute atomic E-state index is 12.3. The van der Waals surface area contributed by atoms with Crippen LogP contribution in [-0.4, -0.2) is 43.5 Å². The number of anilines is 2. The lowest BCUT2D eigenvalue weighted by Crippen LogP contribution is -2.48. The molecule has 1 N–H and O–H groups in total. The van der Waals surface area contributed by atoms with E-state index in [2.05, 4.69) is 62.2 Å². The minimum Gasteiger partial charge on any atom is -0.369 e. The predicted molar refractivity (Wildman–Crippen MR) is 107 cm³/mol. The van der Waals surface area contributed by atoms with Crippen molar-refractivity contribution >= 4 is 33.2 Å². The number of nitrogens with zero attached hydrogens (tertiary/aromatic N) is 2. The number of hydrogen-bond acceptors (Lipinski definition) is 3. The first kappa shape index (κ1) is 18.0. The lowest BCUT2D eigenvalue weighted by Gasteiger charge is -2.36. The molecule has 0 spiro atoms. The van der Waals surface area contributed by atoms with Gasteiger partial charge < -0.3 is 10.2 Å². The highest BCUT2D eigenvalue weighted by molar-refractivity contribution is 9.10. The third-order valence-corrected chi connectivity index (χ3v) is 5.15. The van der Waals surface area contributed by atoms with Crippen LogP contribution < -0.4 is 10.2 Å². The molecule has 0 radical (unpaired) electrons. The summed E-state index contributed by atoms with van der Waals surface area (Å²) in [4.78, 5) is 17.0. The Balaban J connectivity index is 1.52. The van der Waals surface area contributed by atoms with E-state index in [4.69, 9.17) is 0 Å². The van der Waals surface area contributed by atoms with Crippen molar-refractivity contribution < 1.29 is 4.79 Å². The number of benzene rings is 2. The minimum absolute atomic E-state index is 0.0507. The number of carbonyl (C=O) groups is 1. The highest BCUT2D eigenvalue weighted by Crippen LogP contribution is 2.22. The number of aryl methyl sites for hydroxylation is 2. The number of halogens is 1. The summed E-state index contributed by atoms with van der Waals surface area (Å²) < 4.78 is 1.02. The molecular formula is C20H24BrN3O. The average Bonchev–Trinajstić information content (AvgIpc) is 2.59. The van der Waals surface area contributed by atoms with E-state index in [0.717, 1.165) is 41.9 Å². The molecule has 2 aromatic rings. The van der Waals surface area contributed by atoms with Crippen LogP contribution in [0.2, 0.25) is 0 Å². The smallest absolute Gasteiger partial charge is 0.238 e. The number of amides is 1. The van der Waals surface area contributed by atoms with E-state index in [-0.39, 0.29) is 5.91 Å². The fraction of sp³-hybridized carbons (Fsp3) is 0.350. The topological polar surface area (TPSA) is 35.6 Å². The van der Waals surface area contributed by atoms with Gasteiger partial charge in [0.05, 0.1) is 6.54 Å². The second-order valence-corrected chi connectivity index (χ2v) is 7.47. The van der Waals surface area contributed by atoms with Crippen molar-refractivity contribution in [2.45, 2.75) is 13.8 Å². The van der Waals surface area contributed by atoms with Crippen LogP contribution in [0.1, 0.15) is 11.1 Å². The molecule has 0 bridgehead atoms. The van der Waals surface area contributed by atoms with Gasteiger partial charge in [0.1, 0.15) is 0 Å². The van der Waals surface area contributed by atoms with Gasteiger partial charge in [-0.05, 0) is 49.2 Å². The second kappa shape index (κ2) is 8.02. The molecule has 1 saturated heterocycles. The summed E-state index contributed by atoms with van der Waals surface area (Å²) in [5, 5.41) is 3.02. The standard InChI is InChI=1S/C20H24BrN3O/c1-15-5-3-4-6-19(15)24-11-9-23(10-12-24)14-20(25)22-18-8-7-17(21)13-16(18)2/h3-8,13H,9-12,14H2,1-2H3,(H,22,25). The molecule has 1 fully saturated rings. The molecule has 5 heteroatoms. The Labute approximate surface area is 158 Å². The monoisotopic (exact) mass is 401 g/mol. The van der Waals surface area contributed by atoms with Crippen LogP contribution in [-0.2, 0) is 4.79 Å². The number of para-hydroxylation sites is 1. The largest absolute Gasteiger partial charge is 0.369 e. The zero-order valence-electron chi connectivity index (χ0n) is 14.8. The average molecular weight is 402 g/mol. The number of rotatable bonds is 4. The molecule has 1 aliphatic rings. The summed E-state index contributed by atoms with van der Waals surface area (Å²) in [6.45, 7) is 8.31. The lowest BCUT2D eigenvalue weighted by atomic mass is 10.1. The molecule has 1 heterocycles. The van der Waals surface area contributed by atoms with Gasteiger partial charge in [-0.15, -0.1) is 0 Å². The van der Waals surface area contributed by atoms with E-state index in [1.807, 2.05) is 25.1 Å². The molecule has 0 aliphatic carbocycles. The molecule has 1 amide bonds. The molecule has 0 aromatic heterocycles. The molecule has 25 heavy (non-hydrogen) atoms. The summed E-state index contributed by atoms with van der Waals surface area (Å²) in [5.41, 5.74) is 4.55. The van der Waals surface area contributed by atoms with E-state index >= 15 is 0 Å². The van der Waals surface area contributed by atoms with Gasteiger partial charge in [-0.2, -0.15) is 0 Å². The first-order valence-corrected chi connectivity index (χ1v) is 9.41. The summed E-state index contributed by atoms with van der Waals surface area (Å²) in [6.07, 6.45) is 0. The van der Waals surface area contributed by atoms with Gasteiger partial charge in [-0.1, -0.05) is 34.1 Å². The van der Waals surface area contributed by atoms with E-state index in [9.17, 15) is 4.79 Å². The Morgan fingerprint density at radius 1 is 1.04 bits per heavy atom. The zero-order chi connectivity index (χ0) is 17.8. The van der Waals surface area contributed by atoms with Gasteiger partial charge in [-0.3, -0.25) is 9.69 Å². The molecule has 1 aliphatic heterocycles. The number of carbonyl (C=O) groups excluding carboxylic acids is 1. The lowest BCUT2D eigenvalue weighted by molar-refractivity contribution is -0.117. The third-order valence-electron chi connectivity index (χ3n) is 4.66. The second-order valence-electron chi connectivity index (χ2n) is 6.56. The Kier molecular flexibility index (Phi) is 5.76. The molecule has 0 atom stereocenters. The van der Waals surface area contributed by atoms with Crippen molar-refractivity contribution in [3.05, 3.63) is 58.1 Å². The predicted octanol–water partition coefficient (Wildman–Crippen LogP) is 3.83. The van der Waals surface area contributed by atoms with Gasteiger partial charge in [0, 0.05) is 42.0 Å². The van der Waals surface area contributed by atoms with Gasteiger partial charge in [0.15, 0.2) is 0 Å². The van der Waals surface area contributed by atoms with Crippen molar-refractivity contribution in [2.24, 2.45) is 0 Å². The summed E-state index contributed by atoms with van der Waals surface area (Å²) in [7, 11) is 0. The van der Waals surface area contributed by atoms with Crippen LogP contribution in [0.15, 0.2) is 46.9 Å². The van der Waals surface area contributed by atoms with Crippen LogP contribution in [0.25, 0.3) is 0 Å². The SMILES string of the molecule is Cc1cc(Br)ccc1NC(=O)CN1CCN(c2ccccc2C)CC1. The van der Waals surface area contributed by atoms with Gasteiger partial charge in [0.25, 0.3) is 0 Å². The van der Waals surface area contributed by atoms with Crippen molar-refractivity contribution in [3.63, 3.8) is 0 Å².